The lowest BCUT2D eigenvalue weighted by molar-refractivity contribution is 0.187. The van der Waals surface area contributed by atoms with E-state index in [2.05, 4.69) is 0 Å². The first-order chi connectivity index (χ1) is 13.4. The lowest BCUT2D eigenvalue weighted by atomic mass is 9.79. The van der Waals surface area contributed by atoms with Gasteiger partial charge in [0.1, 0.15) is 11.6 Å². The molecule has 0 radical (unpaired) electrons. The Labute approximate surface area is 176 Å². The summed E-state index contributed by atoms with van der Waals surface area (Å²) in [5, 5.41) is 0. The topological polar surface area (TPSA) is 9.23 Å². The number of rotatable bonds is 6. The fourth-order valence-electron chi connectivity index (χ4n) is 3.86. The molecule has 0 aliphatic heterocycles. The van der Waals surface area contributed by atoms with Gasteiger partial charge >= 0.3 is 0 Å². The molecule has 28 heavy (non-hydrogen) atoms. The summed E-state index contributed by atoms with van der Waals surface area (Å²) in [7, 11) is 0. The number of ether oxygens (including phenoxy) is 1. The molecule has 0 spiro atoms. The van der Waals surface area contributed by atoms with Gasteiger partial charge in [0.2, 0.25) is 0 Å². The van der Waals surface area contributed by atoms with Gasteiger partial charge < -0.3 is 4.74 Å². The van der Waals surface area contributed by atoms with Crippen LogP contribution in [0.2, 0.25) is 0 Å². The molecule has 0 bridgehead atoms. The Bertz CT molecular complexity index is 785. The summed E-state index contributed by atoms with van der Waals surface area (Å²) in [6.45, 7) is 2.19. The predicted octanol–water partition coefficient (Wildman–Crippen LogP) is 7.15. The highest BCUT2D eigenvalue weighted by Crippen LogP contribution is 2.37. The minimum absolute atomic E-state index is 0.0115. The van der Waals surface area contributed by atoms with Gasteiger partial charge in [0.25, 0.3) is 0 Å². The van der Waals surface area contributed by atoms with Gasteiger partial charge in [-0.2, -0.15) is 0 Å². The first-order valence-electron chi connectivity index (χ1n) is 9.64. The molecular weight excluding hydrogens is 483 g/mol. The van der Waals surface area contributed by atoms with Gasteiger partial charge in [-0.25, -0.2) is 17.6 Å². The average Bonchev–Trinajstić information content (AvgIpc) is 2.66. The normalized spacial score (nSPS) is 19.6. The maximum absolute atomic E-state index is 14.1. The molecule has 152 valence electrons. The van der Waals surface area contributed by atoms with Crippen LogP contribution in [0.15, 0.2) is 24.3 Å². The molecule has 0 heterocycles. The molecule has 0 amide bonds. The van der Waals surface area contributed by atoms with Gasteiger partial charge in [0.15, 0.2) is 17.4 Å². The molecule has 1 nitrogen and oxygen atoms in total. The molecule has 0 saturated heterocycles. The van der Waals surface area contributed by atoms with Crippen LogP contribution in [0.3, 0.4) is 0 Å². The van der Waals surface area contributed by atoms with Crippen LogP contribution in [0.5, 0.6) is 5.75 Å². The van der Waals surface area contributed by atoms with Crippen LogP contribution in [-0.4, -0.2) is 6.61 Å². The van der Waals surface area contributed by atoms with Crippen molar-refractivity contribution >= 4 is 22.6 Å². The third-order valence-corrected chi connectivity index (χ3v) is 6.41. The summed E-state index contributed by atoms with van der Waals surface area (Å²) >= 11 is 1.66. The number of hydrogen-bond acceptors (Lipinski definition) is 1. The maximum Gasteiger partial charge on any atom is 0.190 e. The Morgan fingerprint density at radius 2 is 1.46 bits per heavy atom. The number of aryl methyl sites for hydroxylation is 1. The molecule has 2 aromatic carbocycles. The molecule has 2 aromatic rings. The van der Waals surface area contributed by atoms with Crippen LogP contribution in [-0.2, 0) is 6.42 Å². The molecule has 1 saturated carbocycles. The van der Waals surface area contributed by atoms with Gasteiger partial charge in [-0.1, -0.05) is 13.3 Å². The molecule has 0 aromatic heterocycles. The third-order valence-electron chi connectivity index (χ3n) is 5.38. The summed E-state index contributed by atoms with van der Waals surface area (Å²) in [6, 6.07) is 5.49. The minimum Gasteiger partial charge on any atom is -0.487 e. The van der Waals surface area contributed by atoms with Crippen molar-refractivity contribution in [2.75, 3.05) is 6.61 Å². The second-order valence-corrected chi connectivity index (χ2v) is 8.54. The van der Waals surface area contributed by atoms with Crippen molar-refractivity contribution in [1.82, 2.24) is 0 Å². The van der Waals surface area contributed by atoms with Crippen molar-refractivity contribution in [2.45, 2.75) is 51.4 Å². The number of benzene rings is 2. The van der Waals surface area contributed by atoms with E-state index in [0.717, 1.165) is 32.1 Å². The van der Waals surface area contributed by atoms with E-state index in [1.165, 1.54) is 24.3 Å². The zero-order valence-corrected chi connectivity index (χ0v) is 17.9. The van der Waals surface area contributed by atoms with Gasteiger partial charge in [-0.15, -0.1) is 0 Å². The fourth-order valence-corrected chi connectivity index (χ4v) is 4.17. The standard InChI is InChI=1S/C22H23F4IO/c1-2-3-14-8-19(25)22(20(26)9-14)28-12-13-4-6-15(7-5-13)16-10-17(23)21(27)18(24)11-16/h8-11,13,15H,2-7,12H2,1H3. The quantitative estimate of drug-likeness (QED) is 0.230. The summed E-state index contributed by atoms with van der Waals surface area (Å²) in [4.78, 5) is 0. The van der Waals surface area contributed by atoms with E-state index in [4.69, 9.17) is 4.74 Å². The van der Waals surface area contributed by atoms with Crippen molar-refractivity contribution in [3.63, 3.8) is 0 Å². The number of hydrogen-bond donors (Lipinski definition) is 0. The Balaban J connectivity index is 1.57. The van der Waals surface area contributed by atoms with E-state index in [9.17, 15) is 17.6 Å². The van der Waals surface area contributed by atoms with E-state index >= 15 is 0 Å². The SMILES string of the molecule is CCCc1cc(F)c(OCC2CCC(c3cc(F)c(I)c(F)c3)CC2)c(F)c1. The summed E-state index contributed by atoms with van der Waals surface area (Å²) in [5.41, 5.74) is 1.31. The van der Waals surface area contributed by atoms with Crippen molar-refractivity contribution in [3.05, 3.63) is 62.2 Å². The Morgan fingerprint density at radius 1 is 0.893 bits per heavy atom. The lowest BCUT2D eigenvalue weighted by Gasteiger charge is -2.29. The summed E-state index contributed by atoms with van der Waals surface area (Å²) in [5.74, 6) is -2.44. The van der Waals surface area contributed by atoms with Crippen LogP contribution in [0, 0.1) is 32.8 Å². The van der Waals surface area contributed by atoms with Crippen LogP contribution in [0.4, 0.5) is 17.6 Å². The van der Waals surface area contributed by atoms with E-state index in [1.807, 2.05) is 6.92 Å². The van der Waals surface area contributed by atoms with Crippen molar-refractivity contribution < 1.29 is 22.3 Å². The molecule has 0 N–H and O–H groups in total. The molecule has 6 heteroatoms. The predicted molar refractivity (Wildman–Crippen MR) is 110 cm³/mol. The highest BCUT2D eigenvalue weighted by molar-refractivity contribution is 14.1. The van der Waals surface area contributed by atoms with Gasteiger partial charge in [0.05, 0.1) is 10.2 Å². The van der Waals surface area contributed by atoms with Crippen LogP contribution >= 0.6 is 22.6 Å². The van der Waals surface area contributed by atoms with E-state index in [1.54, 1.807) is 22.6 Å². The zero-order valence-electron chi connectivity index (χ0n) is 15.7. The second kappa shape index (κ2) is 9.46. The fraction of sp³-hybridized carbons (Fsp3) is 0.455. The maximum atomic E-state index is 14.1. The lowest BCUT2D eigenvalue weighted by Crippen LogP contribution is -2.20. The molecule has 1 fully saturated rings. The van der Waals surface area contributed by atoms with Gasteiger partial charge in [-0.3, -0.25) is 0 Å². The van der Waals surface area contributed by atoms with E-state index in [-0.39, 0.29) is 27.8 Å². The molecule has 0 unspecified atom stereocenters. The zero-order chi connectivity index (χ0) is 20.3. The first-order valence-corrected chi connectivity index (χ1v) is 10.7. The molecule has 1 aliphatic rings. The van der Waals surface area contributed by atoms with Crippen molar-refractivity contribution in [1.29, 1.82) is 0 Å². The van der Waals surface area contributed by atoms with E-state index in [0.29, 0.717) is 17.5 Å². The van der Waals surface area contributed by atoms with E-state index < -0.39 is 23.3 Å². The largest absolute Gasteiger partial charge is 0.487 e. The van der Waals surface area contributed by atoms with Gasteiger partial charge in [-0.05, 0) is 102 Å². The van der Waals surface area contributed by atoms with Crippen LogP contribution in [0.1, 0.15) is 56.1 Å². The van der Waals surface area contributed by atoms with Crippen molar-refractivity contribution in [2.24, 2.45) is 5.92 Å². The minimum atomic E-state index is -0.665. The molecule has 3 rings (SSSR count). The highest BCUT2D eigenvalue weighted by atomic mass is 127. The molecule has 0 atom stereocenters. The second-order valence-electron chi connectivity index (χ2n) is 7.47. The summed E-state index contributed by atoms with van der Waals surface area (Å²) < 4.78 is 61.4. The smallest absolute Gasteiger partial charge is 0.190 e. The average molecular weight is 506 g/mol. The number of halogens is 5. The van der Waals surface area contributed by atoms with Crippen molar-refractivity contribution in [3.8, 4) is 5.75 Å². The Hall–Kier alpha value is -1.31. The van der Waals surface area contributed by atoms with Crippen LogP contribution < -0.4 is 4.74 Å². The Kier molecular flexibility index (Phi) is 7.23. The highest BCUT2D eigenvalue weighted by Gasteiger charge is 2.25. The molecular formula is C22H23F4IO. The Morgan fingerprint density at radius 3 is 2.00 bits per heavy atom. The van der Waals surface area contributed by atoms with Gasteiger partial charge in [0, 0.05) is 0 Å². The monoisotopic (exact) mass is 506 g/mol. The van der Waals surface area contributed by atoms with Crippen LogP contribution in [0.25, 0.3) is 0 Å². The third kappa shape index (κ3) is 4.99. The molecule has 1 aliphatic carbocycles. The summed E-state index contributed by atoms with van der Waals surface area (Å²) in [6.07, 6.45) is 4.56. The first kappa shape index (κ1) is 21.4.